The maximum Gasteiger partial charge on any atom is 0.265 e. The minimum absolute atomic E-state index is 0.0171. The van der Waals surface area contributed by atoms with Gasteiger partial charge in [0.1, 0.15) is 40.8 Å². The van der Waals surface area contributed by atoms with Crippen molar-refractivity contribution >= 4 is 70.4 Å². The summed E-state index contributed by atoms with van der Waals surface area (Å²) in [6.45, 7) is 10.1. The number of ketones is 4. The Hall–Kier alpha value is -7.78. The molecule has 6 aromatic rings. The molecule has 12 rings (SSSR count). The molecule has 18 nitrogen and oxygen atoms in total. The number of phenols is 1. The molecule has 6 aliphatic carbocycles. The number of benzene rings is 5. The van der Waals surface area contributed by atoms with Gasteiger partial charge in [-0.05, 0) is 127 Å². The Bertz CT molecular complexity index is 3870. The highest BCUT2D eigenvalue weighted by Gasteiger charge is 2.69. The number of nitrogens with zero attached hydrogens (tertiary/aromatic N) is 3. The van der Waals surface area contributed by atoms with Crippen molar-refractivity contribution in [3.05, 3.63) is 158 Å². The summed E-state index contributed by atoms with van der Waals surface area (Å²) in [5.74, 6) is -8.39. The van der Waals surface area contributed by atoms with Crippen LogP contribution in [-0.4, -0.2) is 128 Å². The monoisotopic (exact) mass is 1140 g/mol. The summed E-state index contributed by atoms with van der Waals surface area (Å²) in [6.07, 6.45) is 1.19. The SMILES string of the molecule is CN(C)[C@@H]1C(=O)C(C(N)=O)=C(O)[C@@]2(O)C(=O)C3=C(O)c4c(cc5ccccc5c4O)C[C@H]3C[C@@H]12.CN(C)[C@@H]1c2onc(OCc3ccccc3)c2C(=O)[C@@]2(O[Si](C)(C)C(C)(C)C)C(=O)C3=C(O)c4c(cc5ccccc5c4CO)C[C@H]3C[C@@H]12. The standard InChI is InChI=1S/C39H44N2O7Si.C25H24N2O7/c1-38(2,3)49(6,7)48-39-28(32(41(4)5)34-31(36(39)45)37(40-47-34)46-21-22-13-9-8-10-14-22)19-25-18-24-17-23-15-11-12-16-26(23)27(20-42)29(24)33(43)30(25)35(39)44;1-27(2)18-14-9-12-8-11-7-10-5-3-4-6-13(10)19(28)15(11)20(29)16(12)22(31)25(14,34)23(32)17(21(18)30)24(26)33/h8-17,25,28,32,42-43H,18-21H2,1-7H3;3-7,12,14,18,28-29,32,34H,8-9H2,1-2H3,(H2,26,33)/t25-,28-,32-,39-;12-,14-,18-,25-/m00/s1. The molecular weight excluding hydrogens is 1080 g/mol. The van der Waals surface area contributed by atoms with E-state index < -0.39 is 95.5 Å². The number of rotatable bonds is 9. The molecule has 0 bridgehead atoms. The molecule has 0 unspecified atom stereocenters. The Morgan fingerprint density at radius 2 is 1.28 bits per heavy atom. The Morgan fingerprint density at radius 1 is 0.735 bits per heavy atom. The molecule has 1 amide bonds. The minimum Gasteiger partial charge on any atom is -0.508 e. The Morgan fingerprint density at radius 3 is 1.87 bits per heavy atom. The van der Waals surface area contributed by atoms with Gasteiger partial charge in [-0.25, -0.2) is 0 Å². The number of phenolic OH excluding ortho intramolecular Hbond substituents is 1. The molecule has 2 saturated carbocycles. The fourth-order valence-electron chi connectivity index (χ4n) is 13.9. The molecule has 0 spiro atoms. The van der Waals surface area contributed by atoms with Gasteiger partial charge in [0.15, 0.2) is 31.1 Å². The predicted molar refractivity (Wildman–Crippen MR) is 311 cm³/mol. The van der Waals surface area contributed by atoms with E-state index in [1.165, 1.54) is 4.90 Å². The van der Waals surface area contributed by atoms with E-state index in [9.17, 15) is 45.0 Å². The van der Waals surface area contributed by atoms with E-state index >= 15 is 9.59 Å². The van der Waals surface area contributed by atoms with Gasteiger partial charge in [-0.15, -0.1) is 0 Å². The molecule has 432 valence electrons. The summed E-state index contributed by atoms with van der Waals surface area (Å²) in [6, 6.07) is 26.6. The number of aromatic hydroxyl groups is 1. The third-order valence-electron chi connectivity index (χ3n) is 18.7. The topological polar surface area (TPSA) is 284 Å². The van der Waals surface area contributed by atoms with Gasteiger partial charge in [0.05, 0.1) is 24.3 Å². The number of ether oxygens (including phenoxy) is 1. The van der Waals surface area contributed by atoms with Crippen molar-refractivity contribution in [2.45, 2.75) is 101 Å². The maximum absolute atomic E-state index is 15.5. The number of Topliss-reactive ketones (excluding diaryl/α,β-unsaturated/α-hetero) is 4. The second-order valence-corrected chi connectivity index (χ2v) is 29.6. The number of aliphatic hydroxyl groups excluding tert-OH is 4. The Balaban J connectivity index is 0.000000185. The van der Waals surface area contributed by atoms with Crippen LogP contribution in [0.15, 0.2) is 118 Å². The molecule has 0 saturated heterocycles. The Kier molecular flexibility index (Phi) is 13.9. The van der Waals surface area contributed by atoms with Crippen LogP contribution in [0, 0.1) is 23.7 Å². The third kappa shape index (κ3) is 8.51. The molecule has 0 radical (unpaired) electrons. The normalized spacial score (nSPS) is 25.8. The van der Waals surface area contributed by atoms with Gasteiger partial charge in [-0.1, -0.05) is 112 Å². The van der Waals surface area contributed by atoms with Crippen LogP contribution in [0.2, 0.25) is 18.1 Å². The van der Waals surface area contributed by atoms with Crippen LogP contribution < -0.4 is 10.5 Å². The summed E-state index contributed by atoms with van der Waals surface area (Å²) in [7, 11) is 4.09. The van der Waals surface area contributed by atoms with E-state index in [0.717, 1.165) is 27.3 Å². The van der Waals surface area contributed by atoms with Crippen molar-refractivity contribution < 1.29 is 68.3 Å². The number of hydrogen-bond donors (Lipinski definition) is 7. The van der Waals surface area contributed by atoms with Crippen molar-refractivity contribution in [3.63, 3.8) is 0 Å². The highest BCUT2D eigenvalue weighted by molar-refractivity contribution is 6.74. The van der Waals surface area contributed by atoms with Crippen LogP contribution in [0.5, 0.6) is 11.6 Å². The fraction of sp³-hybridized carbons (Fsp3) is 0.375. The van der Waals surface area contributed by atoms with Gasteiger partial charge < -0.3 is 50.1 Å². The van der Waals surface area contributed by atoms with E-state index in [0.29, 0.717) is 40.7 Å². The van der Waals surface area contributed by atoms with E-state index in [1.54, 1.807) is 26.2 Å². The van der Waals surface area contributed by atoms with Gasteiger partial charge in [-0.2, -0.15) is 0 Å². The summed E-state index contributed by atoms with van der Waals surface area (Å²) in [5.41, 5.74) is 3.53. The van der Waals surface area contributed by atoms with Crippen molar-refractivity contribution in [1.82, 2.24) is 15.0 Å². The number of primary amides is 1. The van der Waals surface area contributed by atoms with Gasteiger partial charge in [0, 0.05) is 33.9 Å². The lowest BCUT2D eigenvalue weighted by molar-refractivity contribution is -0.153. The molecule has 8 atom stereocenters. The van der Waals surface area contributed by atoms with Crippen LogP contribution in [-0.2, 0) is 49.7 Å². The van der Waals surface area contributed by atoms with Crippen molar-refractivity contribution in [1.29, 1.82) is 0 Å². The number of hydrogen-bond acceptors (Lipinski definition) is 17. The molecule has 1 heterocycles. The largest absolute Gasteiger partial charge is 0.508 e. The number of nitrogens with two attached hydrogens (primary N) is 1. The average Bonchev–Trinajstić information content (AvgIpc) is 3.61. The number of carbonyl (C=O) groups excluding carboxylic acids is 5. The van der Waals surface area contributed by atoms with Crippen molar-refractivity contribution in [2.24, 2.45) is 29.4 Å². The van der Waals surface area contributed by atoms with Gasteiger partial charge in [-0.3, -0.25) is 33.8 Å². The zero-order valence-electron chi connectivity index (χ0n) is 47.7. The molecule has 8 N–H and O–H groups in total. The first-order valence-corrected chi connectivity index (χ1v) is 30.7. The minimum atomic E-state index is -2.85. The second kappa shape index (κ2) is 20.2. The molecule has 83 heavy (non-hydrogen) atoms. The summed E-state index contributed by atoms with van der Waals surface area (Å²) < 4.78 is 19.3. The van der Waals surface area contributed by atoms with Crippen LogP contribution in [0.3, 0.4) is 0 Å². The van der Waals surface area contributed by atoms with Crippen LogP contribution in [0.4, 0.5) is 0 Å². The van der Waals surface area contributed by atoms with E-state index in [1.807, 2.05) is 111 Å². The van der Waals surface area contributed by atoms with Crippen LogP contribution >= 0.6 is 0 Å². The smallest absolute Gasteiger partial charge is 0.265 e. The highest BCUT2D eigenvalue weighted by atomic mass is 28.4. The summed E-state index contributed by atoms with van der Waals surface area (Å²) in [4.78, 5) is 73.0. The molecule has 1 aromatic heterocycles. The highest BCUT2D eigenvalue weighted by Crippen LogP contribution is 2.60. The lowest BCUT2D eigenvalue weighted by Crippen LogP contribution is -2.68. The molecule has 6 aliphatic rings. The lowest BCUT2D eigenvalue weighted by Gasteiger charge is -2.55. The average molecular weight is 1150 g/mol. The second-order valence-electron chi connectivity index (χ2n) is 24.9. The molecule has 5 aromatic carbocycles. The molecule has 2 fully saturated rings. The maximum atomic E-state index is 15.5. The lowest BCUT2D eigenvalue weighted by atomic mass is 9.57. The molecular formula is C64H68N4O14Si. The number of fused-ring (bicyclic) bond motifs is 9. The van der Waals surface area contributed by atoms with E-state index in [-0.39, 0.29) is 76.7 Å². The predicted octanol–water partition coefficient (Wildman–Crippen LogP) is 8.31. The number of amides is 1. The van der Waals surface area contributed by atoms with E-state index in [4.69, 9.17) is 19.4 Å². The third-order valence-corrected chi connectivity index (χ3v) is 23.2. The van der Waals surface area contributed by atoms with Crippen LogP contribution in [0.25, 0.3) is 33.1 Å². The zero-order valence-corrected chi connectivity index (χ0v) is 48.7. The van der Waals surface area contributed by atoms with Crippen molar-refractivity contribution in [2.75, 3.05) is 28.2 Å². The Labute approximate surface area is 480 Å². The van der Waals surface area contributed by atoms with Gasteiger partial charge in [0.2, 0.25) is 17.3 Å². The number of carbonyl (C=O) groups is 5. The van der Waals surface area contributed by atoms with Gasteiger partial charge in [0.25, 0.3) is 11.8 Å². The van der Waals surface area contributed by atoms with E-state index in [2.05, 4.69) is 25.9 Å². The first kappa shape index (κ1) is 57.1. The summed E-state index contributed by atoms with van der Waals surface area (Å²) >= 11 is 0. The molecule has 19 heteroatoms. The van der Waals surface area contributed by atoms with Gasteiger partial charge >= 0.3 is 0 Å². The zero-order chi connectivity index (χ0) is 59.7. The summed E-state index contributed by atoms with van der Waals surface area (Å²) in [5, 5.41) is 74.2. The number of likely N-dealkylation sites (N-methyl/N-ethyl adjacent to an activating group) is 1. The molecule has 0 aliphatic heterocycles. The van der Waals surface area contributed by atoms with Crippen molar-refractivity contribution in [3.8, 4) is 11.6 Å². The quantitative estimate of drug-likeness (QED) is 0.0407. The van der Waals surface area contributed by atoms with Crippen LogP contribution in [0.1, 0.15) is 89.2 Å². The fourth-order valence-corrected chi connectivity index (χ4v) is 15.4. The first-order chi connectivity index (χ1) is 39.2. The number of aromatic nitrogens is 1. The first-order valence-electron chi connectivity index (χ1n) is 27.8. The number of aliphatic hydroxyl groups is 5.